The fraction of sp³-hybridized carbons (Fsp3) is 0.500. The molecule has 0 N–H and O–H groups in total. The Labute approximate surface area is 131 Å². The monoisotopic (exact) mass is 337 g/mol. The zero-order valence-corrected chi connectivity index (χ0v) is 12.9. The molecule has 0 radical (unpaired) electrons. The summed E-state index contributed by atoms with van der Waals surface area (Å²) in [5.41, 5.74) is 0. The van der Waals surface area contributed by atoms with Crippen molar-refractivity contribution in [1.82, 2.24) is 4.90 Å². The Morgan fingerprint density at radius 3 is 2.17 bits per heavy atom. The van der Waals surface area contributed by atoms with Gasteiger partial charge in [0.25, 0.3) is 0 Å². The Hall–Kier alpha value is -2.32. The number of rotatable bonds is 7. The van der Waals surface area contributed by atoms with Crippen LogP contribution in [-0.2, 0) is 23.9 Å². The van der Waals surface area contributed by atoms with Gasteiger partial charge in [0.15, 0.2) is 0 Å². The van der Waals surface area contributed by atoms with Crippen molar-refractivity contribution in [3.63, 3.8) is 0 Å². The van der Waals surface area contributed by atoms with Crippen LogP contribution in [0.3, 0.4) is 0 Å². The van der Waals surface area contributed by atoms with E-state index >= 15 is 0 Å². The number of carbonyl (C=O) groups excluding carboxylic acids is 3. The summed E-state index contributed by atoms with van der Waals surface area (Å²) >= 11 is 0. The van der Waals surface area contributed by atoms with Gasteiger partial charge in [0.1, 0.15) is 12.6 Å². The molecule has 0 bridgehead atoms. The van der Waals surface area contributed by atoms with Gasteiger partial charge in [-0.2, -0.15) is 13.2 Å². The molecule has 0 aromatic carbocycles. The molecule has 0 heterocycles. The Kier molecular flexibility index (Phi) is 8.67. The van der Waals surface area contributed by atoms with Gasteiger partial charge in [-0.15, -0.1) is 0 Å². The minimum absolute atomic E-state index is 0.0949. The molecule has 0 aromatic heterocycles. The van der Waals surface area contributed by atoms with Crippen LogP contribution in [0.25, 0.3) is 0 Å². The normalized spacial score (nSPS) is 13.1. The number of esters is 2. The van der Waals surface area contributed by atoms with Gasteiger partial charge >= 0.3 is 24.0 Å². The van der Waals surface area contributed by atoms with Gasteiger partial charge in [0, 0.05) is 0 Å². The lowest BCUT2D eigenvalue weighted by molar-refractivity contribution is -0.191. The van der Waals surface area contributed by atoms with E-state index < -0.39 is 36.6 Å². The lowest BCUT2D eigenvalue weighted by Crippen LogP contribution is -2.52. The van der Waals surface area contributed by atoms with E-state index in [1.54, 1.807) is 19.1 Å². The Bertz CT molecular complexity index is 485. The minimum atomic E-state index is -5.24. The highest BCUT2D eigenvalue weighted by atomic mass is 19.4. The highest BCUT2D eigenvalue weighted by Gasteiger charge is 2.47. The van der Waals surface area contributed by atoms with Gasteiger partial charge in [-0.25, -0.2) is 4.79 Å². The smallest absolute Gasteiger partial charge is 0.468 e. The molecule has 0 aromatic rings. The van der Waals surface area contributed by atoms with Crippen LogP contribution in [0.1, 0.15) is 13.3 Å². The molecule has 0 fully saturated rings. The van der Waals surface area contributed by atoms with Gasteiger partial charge in [-0.3, -0.25) is 9.59 Å². The second-order valence-corrected chi connectivity index (χ2v) is 4.24. The number of halogens is 3. The highest BCUT2D eigenvalue weighted by Crippen LogP contribution is 2.22. The van der Waals surface area contributed by atoms with Crippen molar-refractivity contribution in [1.29, 1.82) is 0 Å². The number of methoxy groups -OCH3 is 2. The van der Waals surface area contributed by atoms with Crippen LogP contribution in [0.5, 0.6) is 0 Å². The third kappa shape index (κ3) is 6.98. The zero-order valence-electron chi connectivity index (χ0n) is 12.9. The van der Waals surface area contributed by atoms with Crippen molar-refractivity contribution in [3.05, 3.63) is 24.3 Å². The molecule has 23 heavy (non-hydrogen) atoms. The average Bonchev–Trinajstić information content (AvgIpc) is 2.50. The zero-order chi connectivity index (χ0) is 18.0. The SMILES string of the molecule is C/C=C/C=C/CC(C(=O)OC)N(CC(=O)OC)C(=O)C(F)(F)F. The molecule has 0 aliphatic carbocycles. The summed E-state index contributed by atoms with van der Waals surface area (Å²) in [7, 11) is 1.93. The van der Waals surface area contributed by atoms with Gasteiger partial charge in [-0.05, 0) is 13.3 Å². The molecular formula is C14H18F3NO5. The summed E-state index contributed by atoms with van der Waals surface area (Å²) in [6.45, 7) is 0.699. The van der Waals surface area contributed by atoms with E-state index in [1.165, 1.54) is 12.2 Å². The lowest BCUT2D eigenvalue weighted by atomic mass is 10.1. The maximum absolute atomic E-state index is 12.7. The molecule has 9 heteroatoms. The third-order valence-corrected chi connectivity index (χ3v) is 2.68. The van der Waals surface area contributed by atoms with Gasteiger partial charge in [0.05, 0.1) is 14.2 Å². The summed E-state index contributed by atoms with van der Waals surface area (Å²) < 4.78 is 46.8. The molecule has 0 spiro atoms. The van der Waals surface area contributed by atoms with Gasteiger partial charge in [-0.1, -0.05) is 24.3 Å². The van der Waals surface area contributed by atoms with Crippen LogP contribution in [-0.4, -0.2) is 55.7 Å². The number of allylic oxidation sites excluding steroid dienone is 3. The predicted octanol–water partition coefficient (Wildman–Crippen LogP) is 1.61. The molecule has 1 unspecified atom stereocenters. The summed E-state index contributed by atoms with van der Waals surface area (Å²) in [6.07, 6.45) is 0.629. The molecule has 6 nitrogen and oxygen atoms in total. The minimum Gasteiger partial charge on any atom is -0.468 e. The number of hydrogen-bond donors (Lipinski definition) is 0. The molecule has 0 aliphatic rings. The largest absolute Gasteiger partial charge is 0.471 e. The number of alkyl halides is 3. The van der Waals surface area contributed by atoms with Crippen LogP contribution in [0.2, 0.25) is 0 Å². The van der Waals surface area contributed by atoms with Crippen molar-refractivity contribution in [2.75, 3.05) is 20.8 Å². The number of amides is 1. The van der Waals surface area contributed by atoms with Crippen LogP contribution in [0.4, 0.5) is 13.2 Å². The van der Waals surface area contributed by atoms with Crippen LogP contribution in [0.15, 0.2) is 24.3 Å². The standard InChI is InChI=1S/C14H18F3NO5/c1-4-5-6-7-8-10(12(20)23-3)18(9-11(19)22-2)13(21)14(15,16)17/h4-7,10H,8-9H2,1-3H3/b5-4+,7-6+. The molecule has 0 saturated carbocycles. The van der Waals surface area contributed by atoms with Crippen LogP contribution < -0.4 is 0 Å². The molecule has 0 rings (SSSR count). The number of ether oxygens (including phenoxy) is 2. The van der Waals surface area contributed by atoms with E-state index in [0.29, 0.717) is 0 Å². The van der Waals surface area contributed by atoms with Crippen molar-refractivity contribution >= 4 is 17.8 Å². The Balaban J connectivity index is 5.55. The van der Waals surface area contributed by atoms with Crippen molar-refractivity contribution in [3.8, 4) is 0 Å². The first-order valence-electron chi connectivity index (χ1n) is 6.49. The van der Waals surface area contributed by atoms with Crippen molar-refractivity contribution in [2.24, 2.45) is 0 Å². The lowest BCUT2D eigenvalue weighted by Gasteiger charge is -2.28. The fourth-order valence-electron chi connectivity index (χ4n) is 1.57. The number of carbonyl (C=O) groups is 3. The number of nitrogens with zero attached hydrogens (tertiary/aromatic N) is 1. The topological polar surface area (TPSA) is 72.9 Å². The van der Waals surface area contributed by atoms with E-state index in [0.717, 1.165) is 14.2 Å². The molecular weight excluding hydrogens is 319 g/mol. The molecule has 1 amide bonds. The van der Waals surface area contributed by atoms with E-state index in [1.807, 2.05) is 0 Å². The first-order chi connectivity index (χ1) is 10.7. The predicted molar refractivity (Wildman–Crippen MR) is 74.2 cm³/mol. The Morgan fingerprint density at radius 2 is 1.74 bits per heavy atom. The summed E-state index contributed by atoms with van der Waals surface area (Å²) in [5, 5.41) is 0. The van der Waals surface area contributed by atoms with Crippen molar-refractivity contribution < 1.29 is 37.0 Å². The summed E-state index contributed by atoms with van der Waals surface area (Å²) in [4.78, 5) is 34.6. The second kappa shape index (κ2) is 9.65. The van der Waals surface area contributed by atoms with Gasteiger partial charge in [0.2, 0.25) is 0 Å². The quantitative estimate of drug-likeness (QED) is 0.521. The maximum atomic E-state index is 12.7. The highest BCUT2D eigenvalue weighted by molar-refractivity contribution is 5.90. The first-order valence-corrected chi connectivity index (χ1v) is 6.49. The summed E-state index contributed by atoms with van der Waals surface area (Å²) in [6, 6.07) is -1.60. The molecule has 130 valence electrons. The maximum Gasteiger partial charge on any atom is 0.471 e. The van der Waals surface area contributed by atoms with E-state index in [9.17, 15) is 27.6 Å². The van der Waals surface area contributed by atoms with E-state index in [4.69, 9.17) is 0 Å². The molecule has 1 atom stereocenters. The van der Waals surface area contributed by atoms with E-state index in [-0.39, 0.29) is 11.3 Å². The Morgan fingerprint density at radius 1 is 1.13 bits per heavy atom. The fourth-order valence-corrected chi connectivity index (χ4v) is 1.57. The molecule has 0 saturated heterocycles. The third-order valence-electron chi connectivity index (χ3n) is 2.68. The summed E-state index contributed by atoms with van der Waals surface area (Å²) in [5.74, 6) is -4.48. The average molecular weight is 337 g/mol. The van der Waals surface area contributed by atoms with Crippen LogP contribution >= 0.6 is 0 Å². The van der Waals surface area contributed by atoms with E-state index in [2.05, 4.69) is 9.47 Å². The first kappa shape index (κ1) is 20.7. The van der Waals surface area contributed by atoms with Crippen LogP contribution in [0, 0.1) is 0 Å². The van der Waals surface area contributed by atoms with Gasteiger partial charge < -0.3 is 14.4 Å². The van der Waals surface area contributed by atoms with Crippen molar-refractivity contribution in [2.45, 2.75) is 25.6 Å². The molecule has 0 aliphatic heterocycles. The number of hydrogen-bond acceptors (Lipinski definition) is 5. The second-order valence-electron chi connectivity index (χ2n) is 4.24.